The number of benzene rings is 2. The van der Waals surface area contributed by atoms with Crippen molar-refractivity contribution in [1.29, 1.82) is 0 Å². The molecule has 0 bridgehead atoms. The second kappa shape index (κ2) is 10.7. The van der Waals surface area contributed by atoms with Crippen LogP contribution in [0.25, 0.3) is 0 Å². The first-order chi connectivity index (χ1) is 17.5. The molecule has 0 spiro atoms. The van der Waals surface area contributed by atoms with Crippen molar-refractivity contribution in [2.75, 3.05) is 13.1 Å². The predicted octanol–water partition coefficient (Wildman–Crippen LogP) is 4.00. The smallest absolute Gasteiger partial charge is 0.432 e. The van der Waals surface area contributed by atoms with Crippen molar-refractivity contribution in [2.45, 2.75) is 70.2 Å². The van der Waals surface area contributed by atoms with Gasteiger partial charge < -0.3 is 20.1 Å². The van der Waals surface area contributed by atoms with Crippen molar-refractivity contribution in [1.82, 2.24) is 4.90 Å². The van der Waals surface area contributed by atoms with Gasteiger partial charge in [0, 0.05) is 37.0 Å². The van der Waals surface area contributed by atoms with Crippen LogP contribution in [0.2, 0.25) is 0 Å². The Morgan fingerprint density at radius 2 is 1.76 bits per heavy atom. The Bertz CT molecular complexity index is 1110. The molecule has 1 unspecified atom stereocenters. The monoisotopic (exact) mass is 521 g/mol. The van der Waals surface area contributed by atoms with Crippen LogP contribution in [-0.2, 0) is 34.8 Å². The molecule has 9 heteroatoms. The third kappa shape index (κ3) is 5.27. The topological polar surface area (TPSA) is 90.2 Å². The Kier molecular flexibility index (Phi) is 7.99. The lowest BCUT2D eigenvalue weighted by atomic mass is 9.78. The van der Waals surface area contributed by atoms with Gasteiger partial charge in [0.25, 0.3) is 5.60 Å². The third-order valence-electron chi connectivity index (χ3n) is 7.65. The van der Waals surface area contributed by atoms with Crippen LogP contribution in [0.15, 0.2) is 42.5 Å². The van der Waals surface area contributed by atoms with E-state index in [1.165, 1.54) is 18.2 Å². The van der Waals surface area contributed by atoms with Crippen molar-refractivity contribution >= 4 is 5.97 Å². The van der Waals surface area contributed by atoms with Gasteiger partial charge in [-0.15, -0.1) is 0 Å². The molecule has 1 saturated heterocycles. The summed E-state index contributed by atoms with van der Waals surface area (Å²) in [6.45, 7) is 4.83. The summed E-state index contributed by atoms with van der Waals surface area (Å²) in [6, 6.07) is 9.79. The van der Waals surface area contributed by atoms with Gasteiger partial charge in [-0.25, -0.2) is 4.79 Å². The van der Waals surface area contributed by atoms with E-state index in [1.807, 2.05) is 26.0 Å². The van der Waals surface area contributed by atoms with Crippen LogP contribution in [-0.4, -0.2) is 51.6 Å². The fourth-order valence-electron chi connectivity index (χ4n) is 5.80. The predicted molar refractivity (Wildman–Crippen MR) is 130 cm³/mol. The number of esters is 1. The molecule has 6 nitrogen and oxygen atoms in total. The second-order valence-corrected chi connectivity index (χ2v) is 10.5. The normalized spacial score (nSPS) is 23.8. The molecular formula is C28H34F3NO5. The number of alkyl halides is 3. The molecule has 2 aromatic carbocycles. The number of aliphatic hydroxyl groups excluding tert-OH is 2. The number of nitrogens with zero attached hydrogens (tertiary/aromatic N) is 1. The highest BCUT2D eigenvalue weighted by molar-refractivity contribution is 5.82. The van der Waals surface area contributed by atoms with Crippen LogP contribution in [0.3, 0.4) is 0 Å². The molecule has 202 valence electrons. The molecule has 2 heterocycles. The number of halogens is 3. The van der Waals surface area contributed by atoms with Gasteiger partial charge in [0.05, 0.1) is 13.2 Å². The lowest BCUT2D eigenvalue weighted by Crippen LogP contribution is -2.54. The van der Waals surface area contributed by atoms with Crippen LogP contribution in [0.1, 0.15) is 60.5 Å². The summed E-state index contributed by atoms with van der Waals surface area (Å²) in [6.07, 6.45) is -4.45. The fraction of sp³-hybridized carbons (Fsp3) is 0.536. The number of ether oxygens (including phenoxy) is 1. The zero-order valence-electron chi connectivity index (χ0n) is 21.0. The molecule has 37 heavy (non-hydrogen) atoms. The van der Waals surface area contributed by atoms with Gasteiger partial charge in [-0.2, -0.15) is 13.2 Å². The molecule has 0 aliphatic carbocycles. The first-order valence-electron chi connectivity index (χ1n) is 12.7. The van der Waals surface area contributed by atoms with Crippen molar-refractivity contribution in [3.63, 3.8) is 0 Å². The summed E-state index contributed by atoms with van der Waals surface area (Å²) in [5.74, 6) is -1.70. The molecule has 0 aromatic heterocycles. The number of rotatable bonds is 7. The van der Waals surface area contributed by atoms with Crippen molar-refractivity contribution < 1.29 is 38.0 Å². The average molecular weight is 522 g/mol. The minimum atomic E-state index is -5.27. The quantitative estimate of drug-likeness (QED) is 0.478. The first-order valence-corrected chi connectivity index (χ1v) is 12.7. The van der Waals surface area contributed by atoms with E-state index < -0.39 is 29.4 Å². The Hall–Kier alpha value is -2.46. The number of carbonyl (C=O) groups is 1. The summed E-state index contributed by atoms with van der Waals surface area (Å²) < 4.78 is 47.9. The largest absolute Gasteiger partial charge is 0.459 e. The molecule has 2 aliphatic heterocycles. The molecular weight excluding hydrogens is 487 g/mol. The van der Waals surface area contributed by atoms with Gasteiger partial charge >= 0.3 is 12.1 Å². The number of piperidine rings is 1. The fourth-order valence-corrected chi connectivity index (χ4v) is 5.80. The summed E-state index contributed by atoms with van der Waals surface area (Å²) in [7, 11) is 0. The second-order valence-electron chi connectivity index (χ2n) is 10.5. The minimum Gasteiger partial charge on any atom is -0.459 e. The van der Waals surface area contributed by atoms with Gasteiger partial charge in [-0.1, -0.05) is 56.3 Å². The van der Waals surface area contributed by atoms with Crippen LogP contribution in [0.4, 0.5) is 13.2 Å². The maximum Gasteiger partial charge on any atom is 0.432 e. The maximum absolute atomic E-state index is 14.1. The number of carbonyl (C=O) groups excluding carboxylic acids is 1. The molecule has 2 aliphatic rings. The Morgan fingerprint density at radius 1 is 1.11 bits per heavy atom. The minimum absolute atomic E-state index is 0.205. The van der Waals surface area contributed by atoms with Gasteiger partial charge in [0.15, 0.2) is 0 Å². The van der Waals surface area contributed by atoms with Crippen LogP contribution in [0.5, 0.6) is 0 Å². The summed E-state index contributed by atoms with van der Waals surface area (Å²) in [5.41, 5.74) is -1.20. The van der Waals surface area contributed by atoms with E-state index in [-0.39, 0.29) is 37.5 Å². The summed E-state index contributed by atoms with van der Waals surface area (Å²) >= 11 is 0. The Morgan fingerprint density at radius 3 is 2.35 bits per heavy atom. The lowest BCUT2D eigenvalue weighted by Gasteiger charge is -2.47. The number of hydrogen-bond donors (Lipinski definition) is 3. The van der Waals surface area contributed by atoms with E-state index in [2.05, 4.69) is 4.90 Å². The zero-order chi connectivity index (χ0) is 27.0. The molecule has 0 amide bonds. The number of fused-ring (bicyclic) bond motifs is 3. The van der Waals surface area contributed by atoms with Crippen molar-refractivity contribution in [3.8, 4) is 0 Å². The highest BCUT2D eigenvalue weighted by atomic mass is 19.4. The number of hydrogen-bond acceptors (Lipinski definition) is 6. The van der Waals surface area contributed by atoms with E-state index in [4.69, 9.17) is 4.74 Å². The van der Waals surface area contributed by atoms with Gasteiger partial charge in [-0.3, -0.25) is 4.90 Å². The zero-order valence-corrected chi connectivity index (χ0v) is 21.0. The molecule has 4 atom stereocenters. The molecule has 2 aromatic rings. The molecule has 4 rings (SSSR count). The Labute approximate surface area is 214 Å². The summed E-state index contributed by atoms with van der Waals surface area (Å²) in [5, 5.41) is 30.2. The summed E-state index contributed by atoms with van der Waals surface area (Å²) in [4.78, 5) is 15.4. The standard InChI is InChI=1S/C28H34F3NO5/c1-17(2)10-19-14-32-9-8-18-11-20(15-33)21(16-34)12-23(18)24(32)13-25(19)37-26(35)27(36,28(29,30)31)22-6-4-3-5-7-22/h3-7,11-12,17,19,24-25,33-34,36H,8-10,13-16H2,1-2H3/t19-,24+,25+,27?/m1/s1. The van der Waals surface area contributed by atoms with E-state index in [0.29, 0.717) is 24.1 Å². The van der Waals surface area contributed by atoms with E-state index in [1.54, 1.807) is 0 Å². The van der Waals surface area contributed by atoms with E-state index in [0.717, 1.165) is 36.2 Å². The van der Waals surface area contributed by atoms with E-state index in [9.17, 15) is 33.3 Å². The van der Waals surface area contributed by atoms with Crippen LogP contribution >= 0.6 is 0 Å². The van der Waals surface area contributed by atoms with Gasteiger partial charge in [0.2, 0.25) is 0 Å². The average Bonchev–Trinajstić information content (AvgIpc) is 2.87. The van der Waals surface area contributed by atoms with Crippen molar-refractivity contribution in [3.05, 3.63) is 70.3 Å². The van der Waals surface area contributed by atoms with Crippen LogP contribution < -0.4 is 0 Å². The highest BCUT2D eigenvalue weighted by Gasteiger charge is 2.63. The highest BCUT2D eigenvalue weighted by Crippen LogP contribution is 2.45. The molecule has 0 saturated carbocycles. The van der Waals surface area contributed by atoms with Gasteiger partial charge in [-0.05, 0) is 41.0 Å². The third-order valence-corrected chi connectivity index (χ3v) is 7.65. The molecule has 1 fully saturated rings. The van der Waals surface area contributed by atoms with Crippen molar-refractivity contribution in [2.24, 2.45) is 11.8 Å². The van der Waals surface area contributed by atoms with Crippen LogP contribution in [0, 0.1) is 11.8 Å². The Balaban J connectivity index is 1.68. The lowest BCUT2D eigenvalue weighted by molar-refractivity contribution is -0.272. The number of aliphatic hydroxyl groups is 3. The SMILES string of the molecule is CC(C)C[C@@H]1CN2CCc3cc(CO)c(CO)cc3[C@@H]2C[C@@H]1OC(=O)C(O)(c1ccccc1)C(F)(F)F. The van der Waals surface area contributed by atoms with Gasteiger partial charge in [0.1, 0.15) is 6.10 Å². The maximum atomic E-state index is 14.1. The first kappa shape index (κ1) is 27.6. The molecule has 0 radical (unpaired) electrons. The van der Waals surface area contributed by atoms with E-state index >= 15 is 0 Å². The molecule has 3 N–H and O–H groups in total.